The number of benzene rings is 1. The smallest absolute Gasteiger partial charge is 0.330 e. The Bertz CT molecular complexity index is 471. The summed E-state index contributed by atoms with van der Waals surface area (Å²) in [5.41, 5.74) is 6.66. The van der Waals surface area contributed by atoms with Crippen LogP contribution in [-0.4, -0.2) is 11.0 Å². The van der Waals surface area contributed by atoms with Gasteiger partial charge >= 0.3 is 5.97 Å². The minimum atomic E-state index is -0.793. The molecule has 0 radical (unpaired) electrons. The molecule has 1 atom stereocenters. The van der Waals surface area contributed by atoms with E-state index in [-0.39, 0.29) is 6.61 Å². The van der Waals surface area contributed by atoms with Crippen molar-refractivity contribution in [2.45, 2.75) is 12.6 Å². The summed E-state index contributed by atoms with van der Waals surface area (Å²) >= 11 is 1.34. The summed E-state index contributed by atoms with van der Waals surface area (Å²) in [6, 6.07) is 8.68. The van der Waals surface area contributed by atoms with Crippen LogP contribution in [-0.2, 0) is 16.1 Å². The number of ether oxygens (including phenoxy) is 1. The number of esters is 1. The van der Waals surface area contributed by atoms with Crippen molar-refractivity contribution in [2.75, 3.05) is 0 Å². The second-order valence-electron chi connectivity index (χ2n) is 3.44. The highest BCUT2D eigenvalue weighted by Gasteiger charge is 2.19. The van der Waals surface area contributed by atoms with E-state index in [2.05, 4.69) is 4.98 Å². The summed E-state index contributed by atoms with van der Waals surface area (Å²) in [6.07, 6.45) is 1.62. The van der Waals surface area contributed by atoms with Crippen molar-refractivity contribution in [1.82, 2.24) is 4.98 Å². The molecule has 0 saturated heterocycles. The number of carbonyl (C=O) groups is 1. The lowest BCUT2D eigenvalue weighted by Gasteiger charge is -2.08. The lowest BCUT2D eigenvalue weighted by atomic mass is 10.2. The van der Waals surface area contributed by atoms with E-state index in [1.165, 1.54) is 11.3 Å². The maximum absolute atomic E-state index is 11.6. The lowest BCUT2D eigenvalue weighted by molar-refractivity contribution is -0.146. The molecule has 5 heteroatoms. The van der Waals surface area contributed by atoms with Gasteiger partial charge < -0.3 is 10.5 Å². The first-order valence-corrected chi connectivity index (χ1v) is 6.01. The van der Waals surface area contributed by atoms with Crippen LogP contribution in [0.3, 0.4) is 0 Å². The molecule has 0 aliphatic rings. The second kappa shape index (κ2) is 5.56. The minimum absolute atomic E-state index is 0.235. The number of carbonyl (C=O) groups excluding carboxylic acids is 1. The predicted octanol–water partition coefficient (Wildman–Crippen LogP) is 1.89. The SMILES string of the molecule is NC(C(=O)OCc1ccccc1)c1nccs1. The van der Waals surface area contributed by atoms with Crippen LogP contribution in [0.5, 0.6) is 0 Å². The van der Waals surface area contributed by atoms with Gasteiger partial charge in [-0.15, -0.1) is 11.3 Å². The molecule has 17 heavy (non-hydrogen) atoms. The van der Waals surface area contributed by atoms with Gasteiger partial charge in [0.1, 0.15) is 11.6 Å². The third kappa shape index (κ3) is 3.12. The number of nitrogens with two attached hydrogens (primary N) is 1. The molecule has 2 aromatic rings. The van der Waals surface area contributed by atoms with Crippen LogP contribution in [0.4, 0.5) is 0 Å². The fourth-order valence-electron chi connectivity index (χ4n) is 1.31. The van der Waals surface area contributed by atoms with Gasteiger partial charge in [0.25, 0.3) is 0 Å². The quantitative estimate of drug-likeness (QED) is 0.839. The number of nitrogens with zero attached hydrogens (tertiary/aromatic N) is 1. The molecular weight excluding hydrogens is 236 g/mol. The van der Waals surface area contributed by atoms with Crippen molar-refractivity contribution < 1.29 is 9.53 Å². The normalized spacial score (nSPS) is 12.1. The van der Waals surface area contributed by atoms with Gasteiger partial charge in [0.2, 0.25) is 0 Å². The zero-order chi connectivity index (χ0) is 12.1. The highest BCUT2D eigenvalue weighted by atomic mass is 32.1. The molecule has 0 spiro atoms. The van der Waals surface area contributed by atoms with Crippen LogP contribution in [0.1, 0.15) is 16.6 Å². The van der Waals surface area contributed by atoms with Crippen molar-refractivity contribution in [1.29, 1.82) is 0 Å². The summed E-state index contributed by atoms with van der Waals surface area (Å²) in [7, 11) is 0. The van der Waals surface area contributed by atoms with Crippen LogP contribution in [0.2, 0.25) is 0 Å². The van der Waals surface area contributed by atoms with Crippen LogP contribution in [0.25, 0.3) is 0 Å². The molecule has 0 bridgehead atoms. The minimum Gasteiger partial charge on any atom is -0.459 e. The zero-order valence-electron chi connectivity index (χ0n) is 9.08. The van der Waals surface area contributed by atoms with Gasteiger partial charge in [0, 0.05) is 11.6 Å². The van der Waals surface area contributed by atoms with Gasteiger partial charge in [-0.05, 0) is 5.56 Å². The summed E-state index contributed by atoms with van der Waals surface area (Å²) in [4.78, 5) is 15.6. The molecule has 0 aliphatic carbocycles. The van der Waals surface area contributed by atoms with Gasteiger partial charge in [0.05, 0.1) is 0 Å². The molecule has 0 saturated carbocycles. The van der Waals surface area contributed by atoms with E-state index in [4.69, 9.17) is 10.5 Å². The van der Waals surface area contributed by atoms with E-state index in [0.717, 1.165) is 5.56 Å². The standard InChI is InChI=1S/C12H12N2O2S/c13-10(11-14-6-7-17-11)12(15)16-8-9-4-2-1-3-5-9/h1-7,10H,8,13H2. The molecule has 88 valence electrons. The van der Waals surface area contributed by atoms with Crippen LogP contribution in [0.15, 0.2) is 41.9 Å². The van der Waals surface area contributed by atoms with E-state index in [9.17, 15) is 4.79 Å². The zero-order valence-corrected chi connectivity index (χ0v) is 9.89. The Labute approximate surface area is 103 Å². The number of hydrogen-bond acceptors (Lipinski definition) is 5. The third-order valence-electron chi connectivity index (χ3n) is 2.20. The molecular formula is C12H12N2O2S. The maximum atomic E-state index is 11.6. The Morgan fingerprint density at radius 3 is 2.82 bits per heavy atom. The summed E-state index contributed by atoms with van der Waals surface area (Å²) in [6.45, 7) is 0.235. The first kappa shape index (κ1) is 11.8. The predicted molar refractivity (Wildman–Crippen MR) is 65.3 cm³/mol. The van der Waals surface area contributed by atoms with Crippen LogP contribution in [0, 0.1) is 0 Å². The molecule has 0 fully saturated rings. The van der Waals surface area contributed by atoms with Gasteiger partial charge in [0.15, 0.2) is 6.04 Å². The van der Waals surface area contributed by atoms with E-state index < -0.39 is 12.0 Å². The molecule has 1 aromatic carbocycles. The van der Waals surface area contributed by atoms with Crippen molar-refractivity contribution in [2.24, 2.45) is 5.73 Å². The number of thiazole rings is 1. The van der Waals surface area contributed by atoms with Crippen molar-refractivity contribution >= 4 is 17.3 Å². The first-order chi connectivity index (χ1) is 8.27. The van der Waals surface area contributed by atoms with Gasteiger partial charge in [-0.2, -0.15) is 0 Å². The van der Waals surface area contributed by atoms with Crippen molar-refractivity contribution in [3.8, 4) is 0 Å². The molecule has 1 unspecified atom stereocenters. The Hall–Kier alpha value is -1.72. The van der Waals surface area contributed by atoms with E-state index in [1.54, 1.807) is 11.6 Å². The molecule has 2 N–H and O–H groups in total. The molecule has 2 rings (SSSR count). The lowest BCUT2D eigenvalue weighted by Crippen LogP contribution is -2.23. The largest absolute Gasteiger partial charge is 0.459 e. The fourth-order valence-corrected chi connectivity index (χ4v) is 1.93. The maximum Gasteiger partial charge on any atom is 0.330 e. The highest BCUT2D eigenvalue weighted by Crippen LogP contribution is 2.15. The highest BCUT2D eigenvalue weighted by molar-refractivity contribution is 7.09. The summed E-state index contributed by atoms with van der Waals surface area (Å²) < 4.78 is 5.12. The Kier molecular flexibility index (Phi) is 3.85. The van der Waals surface area contributed by atoms with Crippen molar-refractivity contribution in [3.05, 3.63) is 52.5 Å². The monoisotopic (exact) mass is 248 g/mol. The Morgan fingerprint density at radius 2 is 2.18 bits per heavy atom. The van der Waals surface area contributed by atoms with Crippen LogP contribution >= 0.6 is 11.3 Å². The molecule has 4 nitrogen and oxygen atoms in total. The number of rotatable bonds is 4. The average Bonchev–Trinajstić information content (AvgIpc) is 2.90. The number of hydrogen-bond donors (Lipinski definition) is 1. The third-order valence-corrected chi connectivity index (χ3v) is 3.05. The number of aromatic nitrogens is 1. The first-order valence-electron chi connectivity index (χ1n) is 5.13. The summed E-state index contributed by atoms with van der Waals surface area (Å²) in [5.74, 6) is -0.455. The molecule has 1 heterocycles. The Morgan fingerprint density at radius 1 is 1.41 bits per heavy atom. The molecule has 0 aliphatic heterocycles. The average molecular weight is 248 g/mol. The van der Waals surface area contributed by atoms with E-state index >= 15 is 0 Å². The van der Waals surface area contributed by atoms with Gasteiger partial charge in [-0.3, -0.25) is 0 Å². The fraction of sp³-hybridized carbons (Fsp3) is 0.167. The van der Waals surface area contributed by atoms with Crippen LogP contribution < -0.4 is 5.73 Å². The van der Waals surface area contributed by atoms with Gasteiger partial charge in [-0.25, -0.2) is 9.78 Å². The Balaban J connectivity index is 1.90. The van der Waals surface area contributed by atoms with E-state index in [0.29, 0.717) is 5.01 Å². The van der Waals surface area contributed by atoms with Gasteiger partial charge in [-0.1, -0.05) is 30.3 Å². The molecule has 1 aromatic heterocycles. The van der Waals surface area contributed by atoms with E-state index in [1.807, 2.05) is 30.3 Å². The second-order valence-corrected chi connectivity index (χ2v) is 4.37. The topological polar surface area (TPSA) is 65.2 Å². The molecule has 0 amide bonds. The van der Waals surface area contributed by atoms with Crippen molar-refractivity contribution in [3.63, 3.8) is 0 Å². The summed E-state index contributed by atoms with van der Waals surface area (Å²) in [5, 5.41) is 2.35.